The molecule has 3 saturated heterocycles. The number of fused-ring (bicyclic) bond motifs is 3. The molecule has 82 heavy (non-hydrogen) atoms. The Labute approximate surface area is 476 Å². The molecule has 3 aromatic carbocycles. The van der Waals surface area contributed by atoms with Crippen molar-refractivity contribution in [1.82, 2.24) is 45.2 Å². The highest BCUT2D eigenvalue weighted by molar-refractivity contribution is 7.70. The fourth-order valence-corrected chi connectivity index (χ4v) is 12.8. The Morgan fingerprint density at radius 3 is 2.33 bits per heavy atom. The van der Waals surface area contributed by atoms with Crippen LogP contribution in [0.4, 0.5) is 0 Å². The van der Waals surface area contributed by atoms with Crippen LogP contribution in [-0.2, 0) is 58.1 Å². The molecule has 23 nitrogen and oxygen atoms in total. The van der Waals surface area contributed by atoms with Crippen molar-refractivity contribution in [2.24, 2.45) is 24.6 Å². The summed E-state index contributed by atoms with van der Waals surface area (Å²) in [7, 11) is -3.47. The van der Waals surface area contributed by atoms with Gasteiger partial charge < -0.3 is 46.3 Å². The van der Waals surface area contributed by atoms with Gasteiger partial charge >= 0.3 is 13.3 Å². The molecule has 3 aliphatic heterocycles. The number of primary amides is 1. The molecule has 0 radical (unpaired) electrons. The number of imide groups is 1. The molecule has 0 spiro atoms. The Kier molecular flexibility index (Phi) is 17.7. The SMILES string of the molecule is CC(C)c1ccc(CNC(=O)[C@H](CCC(N)=O)NC(=O)[C@@H]2CC[C@@H]3CCN(C(=O)C4CCC(CCc5ccc6c(c5)n(C)c(=O)n6C5CCC(=O)NC5=O)CC4)C[C@H](NC(=O)c4cc5cc(C(=O)P(=O)(O)O)ccc5[nH]4)C(=O)N32)c(Cl)c1. The number of carbonyl (C=O) groups excluding carboxylic acids is 9. The number of piperidine rings is 1. The van der Waals surface area contributed by atoms with Gasteiger partial charge in [0.1, 0.15) is 29.9 Å². The molecule has 5 heterocycles. The number of nitrogens with one attached hydrogen (secondary N) is 5. The van der Waals surface area contributed by atoms with Crippen molar-refractivity contribution in [3.8, 4) is 0 Å². The van der Waals surface area contributed by atoms with Crippen LogP contribution in [0.3, 0.4) is 0 Å². The molecule has 1 aliphatic carbocycles. The Morgan fingerprint density at radius 1 is 0.878 bits per heavy atom. The van der Waals surface area contributed by atoms with E-state index in [0.717, 1.165) is 30.4 Å². The largest absolute Gasteiger partial charge is 0.396 e. The van der Waals surface area contributed by atoms with Gasteiger partial charge in [-0.2, -0.15) is 0 Å². The number of aryl methyl sites for hydroxylation is 2. The number of rotatable bonds is 18. The van der Waals surface area contributed by atoms with Crippen LogP contribution in [0, 0.1) is 11.8 Å². The minimum absolute atomic E-state index is 0.0200. The van der Waals surface area contributed by atoms with Crippen molar-refractivity contribution < 1.29 is 57.5 Å². The topological polar surface area (TPSA) is 335 Å². The third-order valence-corrected chi connectivity index (χ3v) is 17.8. The summed E-state index contributed by atoms with van der Waals surface area (Å²) >= 11 is 6.55. The maximum atomic E-state index is 15.1. The second-order valence-electron chi connectivity index (χ2n) is 22.5. The van der Waals surface area contributed by atoms with Gasteiger partial charge in [-0.15, -0.1) is 0 Å². The van der Waals surface area contributed by atoms with Crippen LogP contribution in [0.5, 0.6) is 0 Å². The van der Waals surface area contributed by atoms with Crippen LogP contribution in [0.2, 0.25) is 5.02 Å². The summed E-state index contributed by atoms with van der Waals surface area (Å²) in [4.78, 5) is 159. The standard InChI is InChI=1S/C57H68ClN10O13P/c1-30(2)34-11-12-36(39(58)26-34)28-60-50(71)41(16-20-48(59)69)62-52(73)45-18-14-38-22-23-66(29-43(55(76)67(38)45)63-51(72)42-27-37-25-35(13-15-40(37)61-42)56(77)82(79,80)81)54(75)33-9-6-31(7-10-33)4-5-32-8-17-44-47(24-32)65(3)57(78)68(44)46-19-21-49(70)64-53(46)74/h8,11-13,15,17,24-27,30-31,33,38,41,43,45-46,61H,4-7,9-10,14,16,18-23,28-29H2,1-3H3,(H2,59,69)(H,60,71)(H,62,73)(H,63,72)(H,64,70,74)(H2,79,80,81)/t31?,33?,38-,41+,43+,45+,46?/m1/s1. The second-order valence-corrected chi connectivity index (χ2v) is 24.4. The van der Waals surface area contributed by atoms with Gasteiger partial charge in [-0.25, -0.2) is 4.79 Å². The first-order chi connectivity index (χ1) is 38.9. The molecule has 9 N–H and O–H groups in total. The Balaban J connectivity index is 0.894. The van der Waals surface area contributed by atoms with Crippen LogP contribution in [0.1, 0.15) is 140 Å². The molecule has 8 amide bonds. The lowest BCUT2D eigenvalue weighted by Crippen LogP contribution is -2.62. The molecule has 436 valence electrons. The lowest BCUT2D eigenvalue weighted by molar-refractivity contribution is -0.147. The number of aromatic amines is 1. The van der Waals surface area contributed by atoms with E-state index in [1.165, 1.54) is 38.3 Å². The molecule has 4 fully saturated rings. The predicted octanol–water partition coefficient (Wildman–Crippen LogP) is 4.09. The van der Waals surface area contributed by atoms with Crippen LogP contribution in [0.15, 0.2) is 65.5 Å². The van der Waals surface area contributed by atoms with Gasteiger partial charge in [0.25, 0.3) is 11.4 Å². The molecule has 25 heteroatoms. The number of nitrogens with two attached hydrogens (primary N) is 1. The summed E-state index contributed by atoms with van der Waals surface area (Å²) in [6, 6.07) is 11.4. The van der Waals surface area contributed by atoms with Gasteiger partial charge in [0, 0.05) is 73.0 Å². The van der Waals surface area contributed by atoms with E-state index in [2.05, 4.69) is 26.3 Å². The summed E-state index contributed by atoms with van der Waals surface area (Å²) in [6.07, 6.45) is 5.03. The summed E-state index contributed by atoms with van der Waals surface area (Å²) in [5, 5.41) is 11.4. The van der Waals surface area contributed by atoms with Crippen LogP contribution in [0.25, 0.3) is 21.9 Å². The van der Waals surface area contributed by atoms with Gasteiger partial charge in [-0.05, 0) is 142 Å². The fourth-order valence-electron chi connectivity index (χ4n) is 12.0. The Morgan fingerprint density at radius 2 is 1.63 bits per heavy atom. The van der Waals surface area contributed by atoms with Gasteiger partial charge in [0.05, 0.1) is 11.0 Å². The number of halogens is 1. The van der Waals surface area contributed by atoms with Crippen molar-refractivity contribution in [3.63, 3.8) is 0 Å². The number of hydrogen-bond donors (Lipinski definition) is 8. The van der Waals surface area contributed by atoms with Crippen LogP contribution < -0.4 is 32.7 Å². The van der Waals surface area contributed by atoms with Crippen LogP contribution in [-0.4, -0.2) is 124 Å². The number of imidazole rings is 1. The number of carbonyl (C=O) groups is 9. The highest BCUT2D eigenvalue weighted by atomic mass is 35.5. The van der Waals surface area contributed by atoms with Crippen molar-refractivity contribution in [3.05, 3.63) is 104 Å². The lowest BCUT2D eigenvalue weighted by atomic mass is 9.79. The molecule has 2 aromatic heterocycles. The number of benzene rings is 3. The Hall–Kier alpha value is -7.46. The first kappa shape index (κ1) is 59.2. The monoisotopic (exact) mass is 1170 g/mol. The van der Waals surface area contributed by atoms with E-state index in [1.807, 2.05) is 44.2 Å². The summed E-state index contributed by atoms with van der Waals surface area (Å²) in [5.41, 5.74) is 7.66. The van der Waals surface area contributed by atoms with Crippen molar-refractivity contribution in [2.75, 3.05) is 13.1 Å². The zero-order valence-corrected chi connectivity index (χ0v) is 47.4. The quantitative estimate of drug-likeness (QED) is 0.0453. The normalized spacial score (nSPS) is 21.9. The maximum absolute atomic E-state index is 15.1. The third-order valence-electron chi connectivity index (χ3n) is 16.7. The molecule has 9 rings (SSSR count). The van der Waals surface area contributed by atoms with E-state index in [4.69, 9.17) is 17.3 Å². The first-order valence-electron chi connectivity index (χ1n) is 27.8. The molecule has 4 aliphatic rings. The van der Waals surface area contributed by atoms with Crippen molar-refractivity contribution in [1.29, 1.82) is 0 Å². The lowest BCUT2D eigenvalue weighted by Gasteiger charge is -2.40. The van der Waals surface area contributed by atoms with Gasteiger partial charge in [-0.3, -0.25) is 62.2 Å². The highest BCUT2D eigenvalue weighted by Crippen LogP contribution is 2.40. The number of hydrogen-bond acceptors (Lipinski definition) is 11. The van der Waals surface area contributed by atoms with E-state index in [1.54, 1.807) is 18.0 Å². The fraction of sp³-hybridized carbons (Fsp3) is 0.474. The number of nitrogens with zero attached hydrogens (tertiary/aromatic N) is 4. The summed E-state index contributed by atoms with van der Waals surface area (Å²) < 4.78 is 14.7. The summed E-state index contributed by atoms with van der Waals surface area (Å²) in [5.74, 6) is -4.31. The number of H-pyrrole nitrogens is 1. The average Bonchev–Trinajstić information content (AvgIpc) is 4.32. The molecular weight excluding hydrogens is 1100 g/mol. The molecule has 1 saturated carbocycles. The van der Waals surface area contributed by atoms with Crippen molar-refractivity contribution >= 4 is 93.9 Å². The molecule has 0 bridgehead atoms. The Bertz CT molecular complexity index is 3500. The minimum atomic E-state index is -5.13. The van der Waals surface area contributed by atoms with E-state index in [0.29, 0.717) is 59.2 Å². The first-order valence-corrected chi connectivity index (χ1v) is 29.8. The zero-order chi connectivity index (χ0) is 58.9. The van der Waals surface area contributed by atoms with E-state index in [9.17, 15) is 57.5 Å². The molecule has 5 aromatic rings. The van der Waals surface area contributed by atoms with Gasteiger partial charge in [-0.1, -0.05) is 43.6 Å². The van der Waals surface area contributed by atoms with E-state index in [-0.39, 0.29) is 104 Å². The predicted molar refractivity (Wildman–Crippen MR) is 301 cm³/mol. The smallest absolute Gasteiger partial charge is 0.370 e. The number of aromatic nitrogens is 3. The number of amides is 8. The molecule has 5 atom stereocenters. The minimum Gasteiger partial charge on any atom is -0.370 e. The van der Waals surface area contributed by atoms with Gasteiger partial charge in [0.15, 0.2) is 0 Å². The molecule has 1 unspecified atom stereocenters. The maximum Gasteiger partial charge on any atom is 0.396 e. The van der Waals surface area contributed by atoms with E-state index >= 15 is 4.79 Å². The van der Waals surface area contributed by atoms with Crippen molar-refractivity contribution in [2.45, 2.75) is 140 Å². The van der Waals surface area contributed by atoms with Gasteiger partial charge in [0.2, 0.25) is 41.4 Å². The second kappa shape index (κ2) is 24.6. The van der Waals surface area contributed by atoms with Crippen LogP contribution >= 0.6 is 19.2 Å². The third kappa shape index (κ3) is 12.9. The average molecular weight is 1170 g/mol. The van der Waals surface area contributed by atoms with E-state index < -0.39 is 78.8 Å². The summed E-state index contributed by atoms with van der Waals surface area (Å²) in [6.45, 7) is 4.01. The molecular formula is C57H68ClN10O13P. The zero-order valence-electron chi connectivity index (χ0n) is 45.8. The highest BCUT2D eigenvalue weighted by Gasteiger charge is 2.47.